The van der Waals surface area contributed by atoms with Gasteiger partial charge in [0, 0.05) is 12.7 Å². The smallest absolute Gasteiger partial charge is 0.368 e. The molecule has 4 rings (SSSR count). The van der Waals surface area contributed by atoms with Crippen molar-refractivity contribution >= 4 is 28.4 Å². The molecule has 11 heteroatoms. The molecule has 7 nitrogen and oxygen atoms in total. The lowest BCUT2D eigenvalue weighted by Crippen LogP contribution is -2.48. The van der Waals surface area contributed by atoms with E-state index < -0.39 is 29.6 Å². The fourth-order valence-electron chi connectivity index (χ4n) is 4.24. The summed E-state index contributed by atoms with van der Waals surface area (Å²) in [6.45, 7) is 2.15. The highest BCUT2D eigenvalue weighted by molar-refractivity contribution is 7.19. The van der Waals surface area contributed by atoms with E-state index in [9.17, 15) is 22.8 Å². The van der Waals surface area contributed by atoms with Crippen LogP contribution in [0.2, 0.25) is 0 Å². The van der Waals surface area contributed by atoms with Crippen LogP contribution in [0.3, 0.4) is 0 Å². The number of hydrogen-bond donors (Lipinski definition) is 2. The number of nitrogens with two attached hydrogens (primary N) is 1. The zero-order valence-corrected chi connectivity index (χ0v) is 17.6. The summed E-state index contributed by atoms with van der Waals surface area (Å²) in [6.07, 6.45) is -1.18. The molecule has 1 aliphatic heterocycles. The Kier molecular flexibility index (Phi) is 5.40. The highest BCUT2D eigenvalue weighted by Crippen LogP contribution is 2.54. The molecule has 3 N–H and O–H groups in total. The first-order chi connectivity index (χ1) is 14.6. The van der Waals surface area contributed by atoms with Crippen LogP contribution in [0.4, 0.5) is 23.1 Å². The SMILES string of the molecule is Cc1nc(NC(=O)N2CCCC2C(N)=O)sc1-c1ccnc(C2(C(F)(F)F)CCC2)c1. The summed E-state index contributed by atoms with van der Waals surface area (Å²) in [6, 6.07) is 2.00. The van der Waals surface area contributed by atoms with Crippen LogP contribution in [-0.2, 0) is 10.2 Å². The van der Waals surface area contributed by atoms with Gasteiger partial charge in [-0.1, -0.05) is 17.8 Å². The first kappa shape index (κ1) is 21.5. The second-order valence-electron chi connectivity index (χ2n) is 7.98. The topological polar surface area (TPSA) is 101 Å². The van der Waals surface area contributed by atoms with Gasteiger partial charge < -0.3 is 10.6 Å². The number of aryl methyl sites for hydroxylation is 1. The van der Waals surface area contributed by atoms with Gasteiger partial charge in [0.05, 0.1) is 16.3 Å². The summed E-state index contributed by atoms with van der Waals surface area (Å²) in [5.74, 6) is -0.553. The van der Waals surface area contributed by atoms with E-state index in [0.717, 1.165) is 0 Å². The van der Waals surface area contributed by atoms with Gasteiger partial charge in [-0.25, -0.2) is 9.78 Å². The van der Waals surface area contributed by atoms with Gasteiger partial charge in [0.25, 0.3) is 0 Å². The molecule has 1 aliphatic carbocycles. The fourth-order valence-corrected chi connectivity index (χ4v) is 5.19. The van der Waals surface area contributed by atoms with Gasteiger partial charge in [-0.2, -0.15) is 13.2 Å². The van der Waals surface area contributed by atoms with Crippen molar-refractivity contribution in [1.82, 2.24) is 14.9 Å². The van der Waals surface area contributed by atoms with Gasteiger partial charge in [0.15, 0.2) is 5.13 Å². The molecule has 1 atom stereocenters. The van der Waals surface area contributed by atoms with Crippen molar-refractivity contribution in [2.75, 3.05) is 11.9 Å². The predicted octanol–water partition coefficient (Wildman–Crippen LogP) is 3.98. The molecule has 0 aromatic carbocycles. The number of aromatic nitrogens is 2. The van der Waals surface area contributed by atoms with Crippen LogP contribution in [0, 0.1) is 6.92 Å². The summed E-state index contributed by atoms with van der Waals surface area (Å²) in [5, 5.41) is 2.99. The minimum atomic E-state index is -4.36. The Labute approximate surface area is 180 Å². The molecular weight excluding hydrogens is 431 g/mol. The summed E-state index contributed by atoms with van der Waals surface area (Å²) in [4.78, 5) is 34.5. The average Bonchev–Trinajstić information content (AvgIpc) is 3.26. The molecule has 31 heavy (non-hydrogen) atoms. The van der Waals surface area contributed by atoms with Gasteiger partial charge in [-0.3, -0.25) is 15.1 Å². The van der Waals surface area contributed by atoms with Crippen molar-refractivity contribution < 1.29 is 22.8 Å². The number of carbonyl (C=O) groups is 2. The molecule has 0 spiro atoms. The zero-order chi connectivity index (χ0) is 22.4. The van der Waals surface area contributed by atoms with Crippen LogP contribution in [0.1, 0.15) is 43.5 Å². The number of carbonyl (C=O) groups excluding carboxylic acids is 2. The second-order valence-corrected chi connectivity index (χ2v) is 8.98. The van der Waals surface area contributed by atoms with Crippen LogP contribution >= 0.6 is 11.3 Å². The Morgan fingerprint density at radius 2 is 2.06 bits per heavy atom. The molecule has 2 fully saturated rings. The number of urea groups is 1. The predicted molar refractivity (Wildman–Crippen MR) is 110 cm³/mol. The number of nitrogens with one attached hydrogen (secondary N) is 1. The summed E-state index contributed by atoms with van der Waals surface area (Å²) < 4.78 is 41.1. The number of rotatable bonds is 4. The number of thiazole rings is 1. The number of hydrogen-bond acceptors (Lipinski definition) is 5. The van der Waals surface area contributed by atoms with E-state index in [4.69, 9.17) is 5.73 Å². The Bertz CT molecular complexity index is 1020. The van der Waals surface area contributed by atoms with Crippen molar-refractivity contribution in [3.05, 3.63) is 29.7 Å². The van der Waals surface area contributed by atoms with E-state index in [2.05, 4.69) is 15.3 Å². The molecule has 2 aromatic heterocycles. The monoisotopic (exact) mass is 453 g/mol. The van der Waals surface area contributed by atoms with Crippen LogP contribution in [0.25, 0.3) is 10.4 Å². The highest BCUT2D eigenvalue weighted by Gasteiger charge is 2.60. The number of pyridine rings is 1. The molecule has 1 saturated heterocycles. The largest absolute Gasteiger partial charge is 0.399 e. The molecular formula is C20H22F3N5O2S. The standard InChI is InChI=1S/C20H22F3N5O2S/c1-11-15(12-5-8-25-14(10-12)19(6-3-7-19)20(21,22)23)31-17(26-11)27-18(30)28-9-2-4-13(28)16(24)29/h5,8,10,13H,2-4,6-7,9H2,1H3,(H2,24,29)(H,26,27,30). The Morgan fingerprint density at radius 3 is 2.68 bits per heavy atom. The third-order valence-electron chi connectivity index (χ3n) is 6.11. The number of likely N-dealkylation sites (tertiary alicyclic amines) is 1. The van der Waals surface area contributed by atoms with E-state index in [-0.39, 0.29) is 18.5 Å². The van der Waals surface area contributed by atoms with Crippen LogP contribution in [0.15, 0.2) is 18.3 Å². The third-order valence-corrected chi connectivity index (χ3v) is 7.24. The van der Waals surface area contributed by atoms with Crippen LogP contribution < -0.4 is 11.1 Å². The van der Waals surface area contributed by atoms with Gasteiger partial charge in [-0.05, 0) is 50.3 Å². The van der Waals surface area contributed by atoms with Crippen molar-refractivity contribution in [3.8, 4) is 10.4 Å². The maximum Gasteiger partial charge on any atom is 0.399 e. The Balaban J connectivity index is 1.57. The minimum absolute atomic E-state index is 0.0171. The second kappa shape index (κ2) is 7.77. The molecule has 166 valence electrons. The number of anilines is 1. The molecule has 0 bridgehead atoms. The van der Waals surface area contributed by atoms with Crippen molar-refractivity contribution in [2.45, 2.75) is 56.7 Å². The van der Waals surface area contributed by atoms with Gasteiger partial charge in [-0.15, -0.1) is 0 Å². The molecule has 3 amide bonds. The van der Waals surface area contributed by atoms with E-state index in [1.165, 1.54) is 28.5 Å². The quantitative estimate of drug-likeness (QED) is 0.731. The minimum Gasteiger partial charge on any atom is -0.368 e. The van der Waals surface area contributed by atoms with E-state index in [1.807, 2.05) is 0 Å². The molecule has 2 aromatic rings. The Hall–Kier alpha value is -2.69. The lowest BCUT2D eigenvalue weighted by atomic mass is 9.65. The number of alkyl halides is 3. The molecule has 1 unspecified atom stereocenters. The van der Waals surface area contributed by atoms with Crippen LogP contribution in [0.5, 0.6) is 0 Å². The Morgan fingerprint density at radius 1 is 1.32 bits per heavy atom. The zero-order valence-electron chi connectivity index (χ0n) is 16.8. The summed E-state index contributed by atoms with van der Waals surface area (Å²) in [7, 11) is 0. The highest BCUT2D eigenvalue weighted by atomic mass is 32.1. The molecule has 2 aliphatic rings. The van der Waals surface area contributed by atoms with Gasteiger partial charge in [0.2, 0.25) is 5.91 Å². The van der Waals surface area contributed by atoms with E-state index in [0.29, 0.717) is 47.1 Å². The number of nitrogens with zero attached hydrogens (tertiary/aromatic N) is 3. The fraction of sp³-hybridized carbons (Fsp3) is 0.500. The van der Waals surface area contributed by atoms with Crippen LogP contribution in [-0.4, -0.2) is 45.6 Å². The van der Waals surface area contributed by atoms with E-state index in [1.54, 1.807) is 13.0 Å². The third kappa shape index (κ3) is 3.75. The summed E-state index contributed by atoms with van der Waals surface area (Å²) in [5.41, 5.74) is 4.65. The van der Waals surface area contributed by atoms with Gasteiger partial charge in [0.1, 0.15) is 11.5 Å². The number of primary amides is 1. The normalized spacial score (nSPS) is 20.4. The number of halogens is 3. The van der Waals surface area contributed by atoms with Crippen molar-refractivity contribution in [3.63, 3.8) is 0 Å². The van der Waals surface area contributed by atoms with Crippen molar-refractivity contribution in [1.29, 1.82) is 0 Å². The summed E-state index contributed by atoms with van der Waals surface area (Å²) >= 11 is 1.17. The van der Waals surface area contributed by atoms with E-state index >= 15 is 0 Å². The first-order valence-corrected chi connectivity index (χ1v) is 10.8. The lowest BCUT2D eigenvalue weighted by molar-refractivity contribution is -0.214. The number of amides is 3. The average molecular weight is 453 g/mol. The molecule has 3 heterocycles. The maximum atomic E-state index is 13.7. The van der Waals surface area contributed by atoms with Gasteiger partial charge >= 0.3 is 12.2 Å². The van der Waals surface area contributed by atoms with Crippen molar-refractivity contribution in [2.24, 2.45) is 5.73 Å². The first-order valence-electron chi connectivity index (χ1n) is 10.0. The lowest BCUT2D eigenvalue weighted by Gasteiger charge is -2.42. The maximum absolute atomic E-state index is 13.7. The molecule has 0 radical (unpaired) electrons. The molecule has 1 saturated carbocycles.